The van der Waals surface area contributed by atoms with Crippen molar-refractivity contribution in [2.45, 2.75) is 6.04 Å². The van der Waals surface area contributed by atoms with E-state index in [4.69, 9.17) is 16.3 Å². The van der Waals surface area contributed by atoms with Crippen LogP contribution in [0.1, 0.15) is 11.6 Å². The molecule has 0 bridgehead atoms. The molecule has 0 fully saturated rings. The number of nitrogens with zero attached hydrogens (tertiary/aromatic N) is 4. The third-order valence-corrected chi connectivity index (χ3v) is 4.84. The standard InChI is InChI=1S/C19H16ClN5O3S/c20-14-4-6-15(7-5-14)25-17(11-23-19(25)24-29(26)27)13-2-1-3-16(10-13)28-18-12-21-8-9-22-18/h1-10,12,17H,11H2,(H,23,24)(H,26,27)/p-1. The molecular weight excluding hydrogens is 414 g/mol. The van der Waals surface area contributed by atoms with Gasteiger partial charge in [0, 0.05) is 34.4 Å². The second kappa shape index (κ2) is 8.56. The lowest BCUT2D eigenvalue weighted by molar-refractivity contribution is 0.459. The predicted molar refractivity (Wildman–Crippen MR) is 110 cm³/mol. The molecular formula is C19H15ClN5O3S-. The fraction of sp³-hybridized carbons (Fsp3) is 0.105. The maximum atomic E-state index is 11.2. The smallest absolute Gasteiger partial charge is 0.237 e. The molecule has 0 saturated heterocycles. The van der Waals surface area contributed by atoms with Gasteiger partial charge in [0.05, 0.1) is 18.8 Å². The Balaban J connectivity index is 1.65. The van der Waals surface area contributed by atoms with E-state index in [9.17, 15) is 8.76 Å². The minimum Gasteiger partial charge on any atom is -0.755 e. The van der Waals surface area contributed by atoms with Crippen molar-refractivity contribution in [3.8, 4) is 11.6 Å². The molecule has 4 rings (SSSR count). The lowest BCUT2D eigenvalue weighted by atomic mass is 10.1. The molecule has 1 aliphatic rings. The average Bonchev–Trinajstić information content (AvgIpc) is 3.12. The highest BCUT2D eigenvalue weighted by molar-refractivity contribution is 7.77. The molecule has 0 aliphatic carbocycles. The van der Waals surface area contributed by atoms with E-state index in [1.54, 1.807) is 24.5 Å². The first-order valence-corrected chi connectivity index (χ1v) is 10.0. The van der Waals surface area contributed by atoms with Crippen LogP contribution in [0.5, 0.6) is 11.6 Å². The second-order valence-electron chi connectivity index (χ2n) is 6.08. The van der Waals surface area contributed by atoms with Crippen molar-refractivity contribution < 1.29 is 13.5 Å². The van der Waals surface area contributed by atoms with Crippen LogP contribution in [0.4, 0.5) is 5.69 Å². The highest BCUT2D eigenvalue weighted by Crippen LogP contribution is 2.34. The number of anilines is 1. The fourth-order valence-electron chi connectivity index (χ4n) is 3.04. The summed E-state index contributed by atoms with van der Waals surface area (Å²) in [5.74, 6) is 1.21. The number of hydrogen-bond acceptors (Lipinski definition) is 7. The van der Waals surface area contributed by atoms with Crippen molar-refractivity contribution in [1.29, 1.82) is 0 Å². The molecule has 3 aromatic rings. The van der Waals surface area contributed by atoms with Gasteiger partial charge in [0.2, 0.25) is 11.8 Å². The molecule has 10 heteroatoms. The summed E-state index contributed by atoms with van der Waals surface area (Å²) in [6.07, 6.45) is 4.64. The first-order valence-electron chi connectivity index (χ1n) is 8.59. The largest absolute Gasteiger partial charge is 0.755 e. The van der Waals surface area contributed by atoms with Crippen LogP contribution in [0.15, 0.2) is 72.1 Å². The molecule has 2 atom stereocenters. The Bertz CT molecular complexity index is 1050. The molecule has 1 N–H and O–H groups in total. The topological polar surface area (TPSA) is 103 Å². The third-order valence-electron chi connectivity index (χ3n) is 4.24. The van der Waals surface area contributed by atoms with E-state index in [-0.39, 0.29) is 12.0 Å². The van der Waals surface area contributed by atoms with Crippen molar-refractivity contribution >= 4 is 34.5 Å². The SMILES string of the molecule is O=S([O-])NC1=NCC(c2cccc(Oc3cnccn3)c2)N1c1ccc(Cl)cc1. The second-order valence-corrected chi connectivity index (χ2v) is 7.19. The van der Waals surface area contributed by atoms with Crippen molar-refractivity contribution in [2.75, 3.05) is 11.4 Å². The van der Waals surface area contributed by atoms with Crippen LogP contribution in [-0.2, 0) is 11.3 Å². The summed E-state index contributed by atoms with van der Waals surface area (Å²) < 4.78 is 30.6. The summed E-state index contributed by atoms with van der Waals surface area (Å²) in [5.41, 5.74) is 1.66. The normalized spacial score (nSPS) is 17.0. The molecule has 0 radical (unpaired) electrons. The summed E-state index contributed by atoms with van der Waals surface area (Å²) in [6, 6.07) is 14.4. The zero-order valence-corrected chi connectivity index (χ0v) is 16.5. The molecule has 0 saturated carbocycles. The molecule has 0 spiro atoms. The zero-order valence-electron chi connectivity index (χ0n) is 14.9. The lowest BCUT2D eigenvalue weighted by Gasteiger charge is -2.29. The predicted octanol–water partition coefficient (Wildman–Crippen LogP) is 3.22. The van der Waals surface area contributed by atoms with Crippen LogP contribution in [0.25, 0.3) is 0 Å². The number of benzene rings is 2. The van der Waals surface area contributed by atoms with E-state index >= 15 is 0 Å². The Labute approximate surface area is 174 Å². The van der Waals surface area contributed by atoms with Gasteiger partial charge in [-0.05, 0) is 42.0 Å². The summed E-state index contributed by atoms with van der Waals surface area (Å²) >= 11 is 3.50. The maximum Gasteiger partial charge on any atom is 0.237 e. The maximum absolute atomic E-state index is 11.2. The number of nitrogens with one attached hydrogen (secondary N) is 1. The Hall–Kier alpha value is -3.01. The molecule has 29 heavy (non-hydrogen) atoms. The Morgan fingerprint density at radius 2 is 2.03 bits per heavy atom. The van der Waals surface area contributed by atoms with Gasteiger partial charge in [0.25, 0.3) is 0 Å². The molecule has 8 nitrogen and oxygen atoms in total. The Morgan fingerprint density at radius 1 is 1.21 bits per heavy atom. The van der Waals surface area contributed by atoms with Gasteiger partial charge < -0.3 is 14.2 Å². The molecule has 2 heterocycles. The van der Waals surface area contributed by atoms with Crippen molar-refractivity contribution in [3.63, 3.8) is 0 Å². The van der Waals surface area contributed by atoms with Crippen LogP contribution in [-0.4, -0.2) is 31.2 Å². The number of hydrogen-bond donors (Lipinski definition) is 1. The summed E-state index contributed by atoms with van der Waals surface area (Å²) in [4.78, 5) is 14.3. The van der Waals surface area contributed by atoms with Crippen LogP contribution < -0.4 is 14.4 Å². The molecule has 2 aromatic carbocycles. The zero-order chi connectivity index (χ0) is 20.2. The minimum absolute atomic E-state index is 0.229. The number of halogens is 1. The van der Waals surface area contributed by atoms with Gasteiger partial charge in [-0.2, -0.15) is 0 Å². The Kier molecular flexibility index (Phi) is 5.70. The number of aromatic nitrogens is 2. The van der Waals surface area contributed by atoms with Crippen LogP contribution >= 0.6 is 11.6 Å². The van der Waals surface area contributed by atoms with Gasteiger partial charge in [0.1, 0.15) is 5.75 Å². The summed E-state index contributed by atoms with van der Waals surface area (Å²) in [6.45, 7) is 0.372. The highest BCUT2D eigenvalue weighted by Gasteiger charge is 2.31. The molecule has 1 aliphatic heterocycles. The van der Waals surface area contributed by atoms with Crippen molar-refractivity contribution in [2.24, 2.45) is 4.99 Å². The van der Waals surface area contributed by atoms with Gasteiger partial charge in [-0.25, -0.2) is 9.98 Å². The van der Waals surface area contributed by atoms with E-state index in [1.807, 2.05) is 41.3 Å². The van der Waals surface area contributed by atoms with Gasteiger partial charge in [-0.15, -0.1) is 0 Å². The number of guanidine groups is 1. The fourth-order valence-corrected chi connectivity index (χ4v) is 3.47. The van der Waals surface area contributed by atoms with Gasteiger partial charge >= 0.3 is 0 Å². The average molecular weight is 429 g/mol. The number of aliphatic imine (C=N–C) groups is 1. The molecule has 148 valence electrons. The monoisotopic (exact) mass is 428 g/mol. The van der Waals surface area contributed by atoms with Gasteiger partial charge in [-0.3, -0.25) is 13.9 Å². The highest BCUT2D eigenvalue weighted by atomic mass is 35.5. The van der Waals surface area contributed by atoms with E-state index < -0.39 is 11.3 Å². The first-order chi connectivity index (χ1) is 14.1. The van der Waals surface area contributed by atoms with Gasteiger partial charge in [0.15, 0.2) is 0 Å². The Morgan fingerprint density at radius 3 is 2.76 bits per heavy atom. The van der Waals surface area contributed by atoms with Crippen molar-refractivity contribution in [1.82, 2.24) is 14.7 Å². The first kappa shape index (κ1) is 19.3. The van der Waals surface area contributed by atoms with E-state index in [2.05, 4.69) is 19.7 Å². The van der Waals surface area contributed by atoms with E-state index in [1.165, 1.54) is 6.20 Å². The van der Waals surface area contributed by atoms with Crippen LogP contribution in [0, 0.1) is 0 Å². The summed E-state index contributed by atoms with van der Waals surface area (Å²) in [7, 11) is 0. The lowest BCUT2D eigenvalue weighted by Crippen LogP contribution is -2.40. The van der Waals surface area contributed by atoms with Crippen LogP contribution in [0.2, 0.25) is 5.02 Å². The van der Waals surface area contributed by atoms with E-state index in [0.717, 1.165) is 11.3 Å². The molecule has 0 amide bonds. The number of rotatable bonds is 5. The number of ether oxygens (including phenoxy) is 1. The minimum atomic E-state index is -2.49. The molecule has 2 unspecified atom stereocenters. The summed E-state index contributed by atoms with van der Waals surface area (Å²) in [5, 5.41) is 0.586. The van der Waals surface area contributed by atoms with E-state index in [0.29, 0.717) is 23.2 Å². The van der Waals surface area contributed by atoms with Crippen molar-refractivity contribution in [3.05, 3.63) is 77.7 Å². The molecule has 1 aromatic heterocycles. The van der Waals surface area contributed by atoms with Crippen LogP contribution in [0.3, 0.4) is 0 Å². The third kappa shape index (κ3) is 4.53. The van der Waals surface area contributed by atoms with Gasteiger partial charge in [-0.1, -0.05) is 23.7 Å². The quantitative estimate of drug-likeness (QED) is 0.626.